The van der Waals surface area contributed by atoms with Gasteiger partial charge in [-0.05, 0) is 12.0 Å². The van der Waals surface area contributed by atoms with Gasteiger partial charge in [0.1, 0.15) is 11.5 Å². The fourth-order valence-electron chi connectivity index (χ4n) is 1.57. The fourth-order valence-corrected chi connectivity index (χ4v) is 2.04. The Morgan fingerprint density at radius 2 is 1.89 bits per heavy atom. The van der Waals surface area contributed by atoms with Crippen LogP contribution in [-0.4, -0.2) is 22.0 Å². The average Bonchev–Trinajstić information content (AvgIpc) is 2.38. The zero-order chi connectivity index (χ0) is 14.0. The second-order valence-corrected chi connectivity index (χ2v) is 5.23. The van der Waals surface area contributed by atoms with Crippen LogP contribution in [0, 0.1) is 0 Å². The number of pyridine rings is 1. The third kappa shape index (κ3) is 3.14. The van der Waals surface area contributed by atoms with Gasteiger partial charge in [-0.15, -0.1) is 0 Å². The molecule has 0 aliphatic carbocycles. The van der Waals surface area contributed by atoms with Crippen molar-refractivity contribution in [3.05, 3.63) is 34.1 Å². The molecule has 6 heteroatoms. The first-order valence-electron chi connectivity index (χ1n) is 5.89. The number of hydrogen-bond donors (Lipinski definition) is 1. The van der Waals surface area contributed by atoms with E-state index in [1.54, 1.807) is 6.07 Å². The van der Waals surface area contributed by atoms with E-state index in [1.165, 1.54) is 6.20 Å². The highest BCUT2D eigenvalue weighted by Gasteiger charge is 2.13. The van der Waals surface area contributed by atoms with E-state index in [2.05, 4.69) is 34.1 Å². The number of anilines is 1. The molecule has 2 rings (SSSR count). The topological polar surface area (TPSA) is 50.7 Å². The van der Waals surface area contributed by atoms with Gasteiger partial charge in [-0.2, -0.15) is 0 Å². The van der Waals surface area contributed by atoms with Crippen LogP contribution in [0.1, 0.15) is 25.5 Å². The minimum atomic E-state index is 0.292. The lowest BCUT2D eigenvalue weighted by Crippen LogP contribution is -2.03. The summed E-state index contributed by atoms with van der Waals surface area (Å²) in [6, 6.07) is 3.55. The molecule has 0 unspecified atom stereocenters. The van der Waals surface area contributed by atoms with Crippen molar-refractivity contribution in [3.8, 4) is 11.5 Å². The Balaban J connectivity index is 2.57. The largest absolute Gasteiger partial charge is 0.373 e. The van der Waals surface area contributed by atoms with E-state index in [1.807, 2.05) is 13.1 Å². The van der Waals surface area contributed by atoms with E-state index in [0.717, 1.165) is 11.5 Å². The minimum absolute atomic E-state index is 0.292. The first-order valence-corrected chi connectivity index (χ1v) is 6.65. The number of nitrogens with one attached hydrogen (secondary N) is 1. The molecule has 0 saturated carbocycles. The van der Waals surface area contributed by atoms with Crippen LogP contribution < -0.4 is 5.32 Å². The molecule has 2 aromatic heterocycles. The Labute approximate surface area is 122 Å². The summed E-state index contributed by atoms with van der Waals surface area (Å²) < 4.78 is 0. The predicted molar refractivity (Wildman–Crippen MR) is 78.9 cm³/mol. The van der Waals surface area contributed by atoms with Crippen LogP contribution in [0.4, 0.5) is 5.82 Å². The van der Waals surface area contributed by atoms with Gasteiger partial charge in [0.05, 0.1) is 10.0 Å². The maximum absolute atomic E-state index is 6.14. The summed E-state index contributed by atoms with van der Waals surface area (Å²) in [4.78, 5) is 13.1. The highest BCUT2D eigenvalue weighted by atomic mass is 35.5. The zero-order valence-corrected chi connectivity index (χ0v) is 12.4. The SMILES string of the molecule is CNc1cc(C(C)C)nc(-c2ncc(Cl)cc2Cl)n1. The molecule has 4 nitrogen and oxygen atoms in total. The lowest BCUT2D eigenvalue weighted by Gasteiger charge is -2.10. The summed E-state index contributed by atoms with van der Waals surface area (Å²) in [5.41, 5.74) is 1.47. The van der Waals surface area contributed by atoms with Gasteiger partial charge in [0.25, 0.3) is 0 Å². The van der Waals surface area contributed by atoms with Crippen LogP contribution in [0.5, 0.6) is 0 Å². The lowest BCUT2D eigenvalue weighted by molar-refractivity contribution is 0.816. The highest BCUT2D eigenvalue weighted by molar-refractivity contribution is 6.35. The third-order valence-electron chi connectivity index (χ3n) is 2.61. The number of hydrogen-bond acceptors (Lipinski definition) is 4. The van der Waals surface area contributed by atoms with Crippen molar-refractivity contribution in [2.24, 2.45) is 0 Å². The third-order valence-corrected chi connectivity index (χ3v) is 3.11. The Morgan fingerprint density at radius 3 is 2.47 bits per heavy atom. The fraction of sp³-hybridized carbons (Fsp3) is 0.308. The van der Waals surface area contributed by atoms with E-state index in [4.69, 9.17) is 23.2 Å². The Morgan fingerprint density at radius 1 is 1.16 bits per heavy atom. The van der Waals surface area contributed by atoms with Crippen LogP contribution in [0.25, 0.3) is 11.5 Å². The van der Waals surface area contributed by atoms with Gasteiger partial charge in [-0.1, -0.05) is 37.0 Å². The minimum Gasteiger partial charge on any atom is -0.373 e. The van der Waals surface area contributed by atoms with Crippen molar-refractivity contribution in [3.63, 3.8) is 0 Å². The molecule has 0 aliphatic heterocycles. The Kier molecular flexibility index (Phi) is 4.22. The van der Waals surface area contributed by atoms with Crippen LogP contribution in [-0.2, 0) is 0 Å². The molecule has 0 spiro atoms. The summed E-state index contributed by atoms with van der Waals surface area (Å²) >= 11 is 12.0. The molecule has 19 heavy (non-hydrogen) atoms. The molecule has 2 heterocycles. The molecule has 0 bridgehead atoms. The zero-order valence-electron chi connectivity index (χ0n) is 10.9. The Bertz CT molecular complexity index is 599. The normalized spacial score (nSPS) is 10.8. The Hall–Kier alpha value is -1.39. The molecule has 0 fully saturated rings. The number of rotatable bonds is 3. The summed E-state index contributed by atoms with van der Waals surface area (Å²) in [7, 11) is 1.81. The van der Waals surface area contributed by atoms with Crippen molar-refractivity contribution in [2.75, 3.05) is 12.4 Å². The monoisotopic (exact) mass is 296 g/mol. The molecule has 2 aromatic rings. The van der Waals surface area contributed by atoms with Crippen LogP contribution in [0.2, 0.25) is 10.0 Å². The van der Waals surface area contributed by atoms with Gasteiger partial charge in [0.15, 0.2) is 5.82 Å². The molecular formula is C13H14Cl2N4. The quantitative estimate of drug-likeness (QED) is 0.930. The summed E-state index contributed by atoms with van der Waals surface area (Å²) in [5, 5.41) is 3.94. The van der Waals surface area contributed by atoms with E-state index >= 15 is 0 Å². The second kappa shape index (κ2) is 5.72. The van der Waals surface area contributed by atoms with Gasteiger partial charge < -0.3 is 5.32 Å². The molecule has 1 N–H and O–H groups in total. The number of nitrogens with zero attached hydrogens (tertiary/aromatic N) is 3. The highest BCUT2D eigenvalue weighted by Crippen LogP contribution is 2.27. The van der Waals surface area contributed by atoms with E-state index in [9.17, 15) is 0 Å². The molecule has 0 aromatic carbocycles. The summed E-state index contributed by atoms with van der Waals surface area (Å²) in [6.45, 7) is 4.14. The summed E-state index contributed by atoms with van der Waals surface area (Å²) in [5.74, 6) is 1.53. The van der Waals surface area contributed by atoms with Crippen molar-refractivity contribution >= 4 is 29.0 Å². The first kappa shape index (κ1) is 14.0. The maximum Gasteiger partial charge on any atom is 0.181 e. The standard InChI is InChI=1S/C13H14Cl2N4/c1-7(2)10-5-11(16-3)19-13(18-10)12-9(15)4-8(14)6-17-12/h4-7H,1-3H3,(H,16,18,19). The maximum atomic E-state index is 6.14. The molecule has 0 radical (unpaired) electrons. The molecular weight excluding hydrogens is 283 g/mol. The second-order valence-electron chi connectivity index (χ2n) is 4.39. The van der Waals surface area contributed by atoms with Gasteiger partial charge in [0.2, 0.25) is 0 Å². The van der Waals surface area contributed by atoms with E-state index in [0.29, 0.717) is 27.5 Å². The van der Waals surface area contributed by atoms with E-state index < -0.39 is 0 Å². The lowest BCUT2D eigenvalue weighted by atomic mass is 10.1. The molecule has 0 aliphatic rings. The van der Waals surface area contributed by atoms with Crippen molar-refractivity contribution in [1.82, 2.24) is 15.0 Å². The van der Waals surface area contributed by atoms with Crippen LogP contribution >= 0.6 is 23.2 Å². The van der Waals surface area contributed by atoms with E-state index in [-0.39, 0.29) is 0 Å². The predicted octanol–water partition coefficient (Wildman–Crippen LogP) is 4.01. The van der Waals surface area contributed by atoms with Crippen molar-refractivity contribution in [1.29, 1.82) is 0 Å². The molecule has 0 amide bonds. The number of halogens is 2. The first-order chi connectivity index (χ1) is 9.01. The van der Waals surface area contributed by atoms with Gasteiger partial charge in [-0.25, -0.2) is 15.0 Å². The molecule has 0 atom stereocenters. The van der Waals surface area contributed by atoms with Gasteiger partial charge in [0, 0.05) is 25.0 Å². The molecule has 0 saturated heterocycles. The van der Waals surface area contributed by atoms with Crippen molar-refractivity contribution < 1.29 is 0 Å². The number of aromatic nitrogens is 3. The van der Waals surface area contributed by atoms with Gasteiger partial charge in [-0.3, -0.25) is 0 Å². The van der Waals surface area contributed by atoms with Crippen molar-refractivity contribution in [2.45, 2.75) is 19.8 Å². The van der Waals surface area contributed by atoms with Crippen LogP contribution in [0.15, 0.2) is 18.3 Å². The summed E-state index contributed by atoms with van der Waals surface area (Å²) in [6.07, 6.45) is 1.53. The van der Waals surface area contributed by atoms with Crippen LogP contribution in [0.3, 0.4) is 0 Å². The smallest absolute Gasteiger partial charge is 0.181 e. The van der Waals surface area contributed by atoms with Gasteiger partial charge >= 0.3 is 0 Å². The molecule has 100 valence electrons. The average molecular weight is 297 g/mol.